The Bertz CT molecular complexity index is 1060. The minimum atomic E-state index is -5.32. The van der Waals surface area contributed by atoms with E-state index in [0.717, 1.165) is 0 Å². The molecule has 1 atom stereocenters. The second-order valence-electron chi connectivity index (χ2n) is 5.63. The molecule has 2 aromatic rings. The Labute approximate surface area is 173 Å². The maximum Gasteiger partial charge on any atom is 0.451 e. The topological polar surface area (TPSA) is 130 Å². The molecule has 0 aliphatic rings. The summed E-state index contributed by atoms with van der Waals surface area (Å²) in [6, 6.07) is 11.7. The quantitative estimate of drug-likeness (QED) is 0.417. The molecule has 1 aromatic carbocycles. The fraction of sp³-hybridized carbons (Fsp3) is 0.211. The molecule has 154 valence electrons. The summed E-state index contributed by atoms with van der Waals surface area (Å²) in [5.74, 6) is -4.15. The van der Waals surface area contributed by atoms with Crippen molar-refractivity contribution in [3.8, 4) is 23.3 Å². The highest BCUT2D eigenvalue weighted by Gasteiger charge is 2.48. The zero-order valence-electron chi connectivity index (χ0n) is 15.4. The third-order valence-corrected chi connectivity index (χ3v) is 4.89. The number of benzene rings is 1. The molecule has 7 nitrogen and oxygen atoms in total. The summed E-state index contributed by atoms with van der Waals surface area (Å²) in [7, 11) is 0. The third kappa shape index (κ3) is 4.70. The van der Waals surface area contributed by atoms with Crippen molar-refractivity contribution in [2.75, 3.05) is 12.3 Å². The highest BCUT2D eigenvalue weighted by molar-refractivity contribution is 8.01. The molecule has 2 N–H and O–H groups in total. The minimum Gasteiger partial charge on any atom is -0.465 e. The molecular weight excluding hydrogens is 421 g/mol. The number of hydrogen-bond donors (Lipinski definition) is 1. The van der Waals surface area contributed by atoms with Crippen LogP contribution in [0.15, 0.2) is 35.4 Å². The molecule has 0 aliphatic heterocycles. The number of carbonyl (C=O) groups is 2. The number of nitrogens with zero attached hydrogens (tertiary/aromatic N) is 3. The Morgan fingerprint density at radius 2 is 1.80 bits per heavy atom. The van der Waals surface area contributed by atoms with Gasteiger partial charge < -0.3 is 10.5 Å². The van der Waals surface area contributed by atoms with Crippen LogP contribution in [0, 0.1) is 22.7 Å². The molecule has 1 unspecified atom stereocenters. The lowest BCUT2D eigenvalue weighted by molar-refractivity contribution is -0.173. The normalized spacial score (nSPS) is 11.8. The maximum absolute atomic E-state index is 13.0. The number of nitrogens with two attached hydrogens (primary N) is 1. The number of pyridine rings is 1. The van der Waals surface area contributed by atoms with Crippen LogP contribution in [0.2, 0.25) is 0 Å². The molecule has 0 fully saturated rings. The van der Waals surface area contributed by atoms with Gasteiger partial charge in [0.15, 0.2) is 5.25 Å². The molecule has 0 aliphatic carbocycles. The fourth-order valence-corrected chi connectivity index (χ4v) is 3.51. The number of esters is 1. The van der Waals surface area contributed by atoms with Crippen LogP contribution in [0.3, 0.4) is 0 Å². The van der Waals surface area contributed by atoms with Gasteiger partial charge in [-0.05, 0) is 12.5 Å². The Balaban J connectivity index is 2.70. The largest absolute Gasteiger partial charge is 0.465 e. The first-order valence-corrected chi connectivity index (χ1v) is 9.17. The van der Waals surface area contributed by atoms with E-state index in [4.69, 9.17) is 5.73 Å². The van der Waals surface area contributed by atoms with E-state index in [1.54, 1.807) is 36.4 Å². The van der Waals surface area contributed by atoms with Crippen LogP contribution in [0.1, 0.15) is 18.1 Å². The lowest BCUT2D eigenvalue weighted by Crippen LogP contribution is -2.38. The smallest absolute Gasteiger partial charge is 0.451 e. The van der Waals surface area contributed by atoms with E-state index in [1.807, 2.05) is 6.07 Å². The molecule has 0 spiro atoms. The summed E-state index contributed by atoms with van der Waals surface area (Å²) in [4.78, 5) is 27.7. The van der Waals surface area contributed by atoms with E-state index in [2.05, 4.69) is 9.72 Å². The maximum atomic E-state index is 13.0. The first kappa shape index (κ1) is 22.7. The van der Waals surface area contributed by atoms with Crippen LogP contribution < -0.4 is 5.73 Å². The zero-order chi connectivity index (χ0) is 22.5. The van der Waals surface area contributed by atoms with Gasteiger partial charge in [0.2, 0.25) is 0 Å². The Morgan fingerprint density at radius 1 is 1.20 bits per heavy atom. The van der Waals surface area contributed by atoms with Crippen molar-refractivity contribution in [3.63, 3.8) is 0 Å². The van der Waals surface area contributed by atoms with E-state index >= 15 is 0 Å². The molecule has 0 saturated heterocycles. The van der Waals surface area contributed by atoms with Crippen molar-refractivity contribution in [2.24, 2.45) is 0 Å². The number of thioether (sulfide) groups is 1. The minimum absolute atomic E-state index is 0.0395. The number of hydrogen-bond acceptors (Lipinski definition) is 8. The number of aromatic nitrogens is 1. The van der Waals surface area contributed by atoms with Crippen LogP contribution in [0.5, 0.6) is 0 Å². The SMILES string of the molecule is CCOC(=O)C(Sc1nc(N)c(C#N)c(-c2ccccc2)c1C#N)C(=O)C(F)(F)F. The average molecular weight is 434 g/mol. The molecule has 0 amide bonds. The molecule has 11 heteroatoms. The predicted molar refractivity (Wildman–Crippen MR) is 101 cm³/mol. The molecule has 0 saturated carbocycles. The number of rotatable bonds is 6. The van der Waals surface area contributed by atoms with Gasteiger partial charge in [0.05, 0.1) is 12.2 Å². The van der Waals surface area contributed by atoms with Gasteiger partial charge in [-0.15, -0.1) is 0 Å². The van der Waals surface area contributed by atoms with Crippen molar-refractivity contribution in [2.45, 2.75) is 23.4 Å². The van der Waals surface area contributed by atoms with Gasteiger partial charge in [0, 0.05) is 5.56 Å². The van der Waals surface area contributed by atoms with Crippen LogP contribution in [-0.2, 0) is 14.3 Å². The van der Waals surface area contributed by atoms with Crippen LogP contribution in [0.25, 0.3) is 11.1 Å². The molecule has 2 rings (SSSR count). The lowest BCUT2D eigenvalue weighted by Gasteiger charge is -2.18. The lowest BCUT2D eigenvalue weighted by atomic mass is 9.97. The van der Waals surface area contributed by atoms with Crippen molar-refractivity contribution in [1.82, 2.24) is 4.98 Å². The monoisotopic (exact) mass is 434 g/mol. The average Bonchev–Trinajstić information content (AvgIpc) is 2.71. The van der Waals surface area contributed by atoms with Crippen molar-refractivity contribution < 1.29 is 27.5 Å². The van der Waals surface area contributed by atoms with Gasteiger partial charge in [-0.3, -0.25) is 9.59 Å². The number of halogens is 3. The van der Waals surface area contributed by atoms with E-state index in [-0.39, 0.29) is 40.9 Å². The Hall–Kier alpha value is -3.57. The summed E-state index contributed by atoms with van der Waals surface area (Å²) in [5, 5.41) is 16.3. The highest BCUT2D eigenvalue weighted by Crippen LogP contribution is 2.38. The summed E-state index contributed by atoms with van der Waals surface area (Å²) >= 11 is 0.0980. The van der Waals surface area contributed by atoms with Crippen molar-refractivity contribution in [1.29, 1.82) is 10.5 Å². The first-order chi connectivity index (χ1) is 14.1. The Morgan fingerprint density at radius 3 is 2.30 bits per heavy atom. The van der Waals surface area contributed by atoms with E-state index in [0.29, 0.717) is 5.56 Å². The number of carbonyl (C=O) groups excluding carboxylic acids is 2. The van der Waals surface area contributed by atoms with Crippen molar-refractivity contribution in [3.05, 3.63) is 41.5 Å². The van der Waals surface area contributed by atoms with Gasteiger partial charge in [0.25, 0.3) is 5.78 Å². The summed E-state index contributed by atoms with van der Waals surface area (Å²) in [6.45, 7) is 1.11. The number of ketones is 1. The second kappa shape index (κ2) is 9.29. The number of Topliss-reactive ketones (excluding diaryl/α,β-unsaturated/α-hetero) is 1. The molecular formula is C19H13F3N4O3S. The number of nitriles is 2. The molecule has 30 heavy (non-hydrogen) atoms. The predicted octanol–water partition coefficient (Wildman–Crippen LogP) is 3.23. The number of anilines is 1. The number of nitrogen functional groups attached to an aromatic ring is 1. The van der Waals surface area contributed by atoms with E-state index in [9.17, 15) is 33.3 Å². The number of ether oxygens (including phenoxy) is 1. The third-order valence-electron chi connectivity index (χ3n) is 3.73. The molecule has 1 heterocycles. The van der Waals surface area contributed by atoms with E-state index in [1.165, 1.54) is 6.92 Å². The fourth-order valence-electron chi connectivity index (χ4n) is 2.46. The van der Waals surface area contributed by atoms with Crippen LogP contribution >= 0.6 is 11.8 Å². The van der Waals surface area contributed by atoms with Gasteiger partial charge in [-0.25, -0.2) is 4.98 Å². The van der Waals surface area contributed by atoms with Gasteiger partial charge in [0.1, 0.15) is 28.5 Å². The van der Waals surface area contributed by atoms with Gasteiger partial charge >= 0.3 is 12.1 Å². The first-order valence-electron chi connectivity index (χ1n) is 8.29. The zero-order valence-corrected chi connectivity index (χ0v) is 16.2. The van der Waals surface area contributed by atoms with E-state index < -0.39 is 28.2 Å². The summed E-state index contributed by atoms with van der Waals surface area (Å²) in [6.07, 6.45) is -5.32. The standard InChI is InChI=1S/C19H13F3N4O3S/c1-2-29-18(28)14(15(27)19(20,21)22)30-17-12(9-24)13(10-6-4-3-5-7-10)11(8-23)16(25)26-17/h3-7,14H,2H2,1H3,(H2,25,26). The van der Waals surface area contributed by atoms with Crippen LogP contribution in [-0.4, -0.2) is 34.8 Å². The molecule has 0 bridgehead atoms. The molecule has 0 radical (unpaired) electrons. The highest BCUT2D eigenvalue weighted by atomic mass is 32.2. The Kier molecular flexibility index (Phi) is 7.03. The van der Waals surface area contributed by atoms with Crippen LogP contribution in [0.4, 0.5) is 19.0 Å². The molecule has 1 aromatic heterocycles. The number of alkyl halides is 3. The second-order valence-corrected chi connectivity index (χ2v) is 6.72. The summed E-state index contributed by atoms with van der Waals surface area (Å²) in [5.41, 5.74) is 5.77. The summed E-state index contributed by atoms with van der Waals surface area (Å²) < 4.78 is 43.6. The van der Waals surface area contributed by atoms with Gasteiger partial charge in [-0.2, -0.15) is 23.7 Å². The van der Waals surface area contributed by atoms with Gasteiger partial charge in [-0.1, -0.05) is 42.1 Å². The van der Waals surface area contributed by atoms with Crippen molar-refractivity contribution >= 4 is 29.3 Å².